The van der Waals surface area contributed by atoms with Crippen LogP contribution in [-0.4, -0.2) is 7.05 Å². The van der Waals surface area contributed by atoms with Crippen LogP contribution < -0.4 is 5.32 Å². The van der Waals surface area contributed by atoms with Gasteiger partial charge in [-0.15, -0.1) is 0 Å². The summed E-state index contributed by atoms with van der Waals surface area (Å²) in [6.45, 7) is 3.85. The first kappa shape index (κ1) is 11.6. The van der Waals surface area contributed by atoms with Gasteiger partial charge in [0, 0.05) is 18.3 Å². The monoisotopic (exact) mass is 229 g/mol. The molecule has 0 fully saturated rings. The molecule has 17 heavy (non-hydrogen) atoms. The lowest BCUT2D eigenvalue weighted by Gasteiger charge is -2.10. The van der Waals surface area contributed by atoms with Crippen LogP contribution in [-0.2, 0) is 0 Å². The molecule has 0 aliphatic heterocycles. The maximum atomic E-state index is 14.0. The Balaban J connectivity index is 2.60. The van der Waals surface area contributed by atoms with E-state index in [0.717, 1.165) is 22.4 Å². The van der Waals surface area contributed by atoms with E-state index in [0.29, 0.717) is 5.56 Å². The van der Waals surface area contributed by atoms with E-state index in [4.69, 9.17) is 0 Å². The van der Waals surface area contributed by atoms with Gasteiger partial charge in [-0.2, -0.15) is 0 Å². The molecule has 2 aromatic rings. The number of aryl methyl sites for hydroxylation is 2. The number of hydrogen-bond acceptors (Lipinski definition) is 1. The quantitative estimate of drug-likeness (QED) is 0.815. The van der Waals surface area contributed by atoms with E-state index >= 15 is 0 Å². The van der Waals surface area contributed by atoms with Gasteiger partial charge < -0.3 is 5.32 Å². The van der Waals surface area contributed by atoms with E-state index in [1.54, 1.807) is 6.07 Å². The fraction of sp³-hybridized carbons (Fsp3) is 0.200. The van der Waals surface area contributed by atoms with Gasteiger partial charge in [0.15, 0.2) is 0 Å². The Bertz CT molecular complexity index is 523. The molecule has 0 aromatic heterocycles. The molecule has 2 aromatic carbocycles. The highest BCUT2D eigenvalue weighted by Gasteiger charge is 2.09. The van der Waals surface area contributed by atoms with Gasteiger partial charge in [0.05, 0.1) is 0 Å². The van der Waals surface area contributed by atoms with Crippen molar-refractivity contribution in [2.24, 2.45) is 0 Å². The molecule has 0 amide bonds. The van der Waals surface area contributed by atoms with Gasteiger partial charge in [0.2, 0.25) is 0 Å². The molecule has 0 saturated heterocycles. The molecule has 0 unspecified atom stereocenters. The maximum Gasteiger partial charge on any atom is 0.131 e. The largest absolute Gasteiger partial charge is 0.388 e. The molecule has 0 aliphatic rings. The van der Waals surface area contributed by atoms with Crippen LogP contribution in [0.1, 0.15) is 11.1 Å². The van der Waals surface area contributed by atoms with Crippen LogP contribution in [0.15, 0.2) is 36.4 Å². The number of rotatable bonds is 2. The molecule has 0 bridgehead atoms. The molecular weight excluding hydrogens is 213 g/mol. The molecule has 2 rings (SSSR count). The molecule has 0 atom stereocenters. The summed E-state index contributed by atoms with van der Waals surface area (Å²) in [6.07, 6.45) is 0. The van der Waals surface area contributed by atoms with Crippen molar-refractivity contribution in [1.29, 1.82) is 0 Å². The van der Waals surface area contributed by atoms with Crippen LogP contribution in [0.25, 0.3) is 11.1 Å². The third-order valence-electron chi connectivity index (χ3n) is 2.87. The lowest BCUT2D eigenvalue weighted by atomic mass is 9.97. The SMILES string of the molecule is CNc1cccc(-c2c(C)cc(C)cc2F)c1. The summed E-state index contributed by atoms with van der Waals surface area (Å²) >= 11 is 0. The van der Waals surface area contributed by atoms with Crippen molar-refractivity contribution in [3.63, 3.8) is 0 Å². The zero-order valence-corrected chi connectivity index (χ0v) is 10.3. The molecular formula is C15H16FN. The van der Waals surface area contributed by atoms with Crippen molar-refractivity contribution in [2.45, 2.75) is 13.8 Å². The van der Waals surface area contributed by atoms with Crippen molar-refractivity contribution >= 4 is 5.69 Å². The topological polar surface area (TPSA) is 12.0 Å². The Morgan fingerprint density at radius 1 is 1.06 bits per heavy atom. The van der Waals surface area contributed by atoms with Crippen LogP contribution in [0.4, 0.5) is 10.1 Å². The van der Waals surface area contributed by atoms with Gasteiger partial charge >= 0.3 is 0 Å². The number of benzene rings is 2. The minimum Gasteiger partial charge on any atom is -0.388 e. The van der Waals surface area contributed by atoms with Crippen LogP contribution in [0.2, 0.25) is 0 Å². The van der Waals surface area contributed by atoms with Crippen molar-refractivity contribution in [3.05, 3.63) is 53.3 Å². The minimum atomic E-state index is -0.157. The van der Waals surface area contributed by atoms with Gasteiger partial charge in [-0.1, -0.05) is 18.2 Å². The summed E-state index contributed by atoms with van der Waals surface area (Å²) in [6, 6.07) is 11.4. The summed E-state index contributed by atoms with van der Waals surface area (Å²) in [4.78, 5) is 0. The highest BCUT2D eigenvalue weighted by atomic mass is 19.1. The predicted molar refractivity (Wildman–Crippen MR) is 70.9 cm³/mol. The number of hydrogen-bond donors (Lipinski definition) is 1. The van der Waals surface area contributed by atoms with Gasteiger partial charge in [-0.3, -0.25) is 0 Å². The van der Waals surface area contributed by atoms with Gasteiger partial charge in [-0.05, 0) is 48.7 Å². The maximum absolute atomic E-state index is 14.0. The molecule has 1 N–H and O–H groups in total. The van der Waals surface area contributed by atoms with Crippen LogP contribution in [0.5, 0.6) is 0 Å². The lowest BCUT2D eigenvalue weighted by molar-refractivity contribution is 0.629. The first-order chi connectivity index (χ1) is 8.11. The molecule has 0 aliphatic carbocycles. The predicted octanol–water partition coefficient (Wildman–Crippen LogP) is 4.15. The van der Waals surface area contributed by atoms with E-state index in [-0.39, 0.29) is 5.82 Å². The van der Waals surface area contributed by atoms with Crippen LogP contribution >= 0.6 is 0 Å². The zero-order chi connectivity index (χ0) is 12.4. The Hall–Kier alpha value is -1.83. The Morgan fingerprint density at radius 3 is 2.47 bits per heavy atom. The number of halogens is 1. The van der Waals surface area contributed by atoms with Crippen LogP contribution in [0.3, 0.4) is 0 Å². The van der Waals surface area contributed by atoms with E-state index in [1.165, 1.54) is 0 Å². The lowest BCUT2D eigenvalue weighted by Crippen LogP contribution is -1.93. The summed E-state index contributed by atoms with van der Waals surface area (Å²) in [5, 5.41) is 3.06. The summed E-state index contributed by atoms with van der Waals surface area (Å²) in [5.41, 5.74) is 4.51. The highest BCUT2D eigenvalue weighted by molar-refractivity contribution is 5.71. The van der Waals surface area contributed by atoms with Crippen molar-refractivity contribution < 1.29 is 4.39 Å². The molecule has 0 saturated carbocycles. The second kappa shape index (κ2) is 4.58. The molecule has 0 heterocycles. The highest BCUT2D eigenvalue weighted by Crippen LogP contribution is 2.29. The Kier molecular flexibility index (Phi) is 3.14. The fourth-order valence-electron chi connectivity index (χ4n) is 2.11. The van der Waals surface area contributed by atoms with E-state index in [2.05, 4.69) is 5.32 Å². The van der Waals surface area contributed by atoms with E-state index in [9.17, 15) is 4.39 Å². The Labute approximate surface area is 101 Å². The van der Waals surface area contributed by atoms with Crippen molar-refractivity contribution in [3.8, 4) is 11.1 Å². The summed E-state index contributed by atoms with van der Waals surface area (Å²) in [7, 11) is 1.86. The second-order valence-corrected chi connectivity index (χ2v) is 4.27. The van der Waals surface area contributed by atoms with Crippen molar-refractivity contribution in [2.75, 3.05) is 12.4 Å². The molecule has 1 nitrogen and oxygen atoms in total. The van der Waals surface area contributed by atoms with Gasteiger partial charge in [0.25, 0.3) is 0 Å². The first-order valence-corrected chi connectivity index (χ1v) is 5.67. The summed E-state index contributed by atoms with van der Waals surface area (Å²) in [5.74, 6) is -0.157. The van der Waals surface area contributed by atoms with Gasteiger partial charge in [0.1, 0.15) is 5.82 Å². The fourth-order valence-corrected chi connectivity index (χ4v) is 2.11. The average molecular weight is 229 g/mol. The molecule has 0 spiro atoms. The van der Waals surface area contributed by atoms with Gasteiger partial charge in [-0.25, -0.2) is 4.39 Å². The third kappa shape index (κ3) is 2.31. The molecule has 2 heteroatoms. The molecule has 0 radical (unpaired) electrons. The zero-order valence-electron chi connectivity index (χ0n) is 10.3. The van der Waals surface area contributed by atoms with Crippen molar-refractivity contribution in [1.82, 2.24) is 0 Å². The van der Waals surface area contributed by atoms with E-state index in [1.807, 2.05) is 51.2 Å². The van der Waals surface area contributed by atoms with Crippen LogP contribution in [0, 0.1) is 19.7 Å². The first-order valence-electron chi connectivity index (χ1n) is 5.67. The smallest absolute Gasteiger partial charge is 0.131 e. The normalized spacial score (nSPS) is 10.4. The standard InChI is InChI=1S/C15H16FN/c1-10-7-11(2)15(14(16)8-10)12-5-4-6-13(9-12)17-3/h4-9,17H,1-3H3. The average Bonchev–Trinajstić information content (AvgIpc) is 2.28. The number of anilines is 1. The second-order valence-electron chi connectivity index (χ2n) is 4.27. The van der Waals surface area contributed by atoms with E-state index < -0.39 is 0 Å². The minimum absolute atomic E-state index is 0.157. The third-order valence-corrected chi connectivity index (χ3v) is 2.87. The summed E-state index contributed by atoms with van der Waals surface area (Å²) < 4.78 is 14.0. The Morgan fingerprint density at radius 2 is 1.82 bits per heavy atom. The molecule has 88 valence electrons. The number of nitrogens with one attached hydrogen (secondary N) is 1.